The van der Waals surface area contributed by atoms with Gasteiger partial charge in [-0.1, -0.05) is 39.5 Å². The molecule has 1 heterocycles. The molecular weight excluding hydrogens is 232 g/mol. The van der Waals surface area contributed by atoms with Crippen LogP contribution in [-0.4, -0.2) is 37.1 Å². The molecule has 1 N–H and O–H groups in total. The molecule has 0 bridgehead atoms. The van der Waals surface area contributed by atoms with Gasteiger partial charge in [0.15, 0.2) is 0 Å². The first-order valence-corrected chi connectivity index (χ1v) is 8.74. The molecule has 112 valence electrons. The highest BCUT2D eigenvalue weighted by molar-refractivity contribution is 4.89. The molecule has 1 aliphatic carbocycles. The summed E-state index contributed by atoms with van der Waals surface area (Å²) in [5.41, 5.74) is 0.757. The Morgan fingerprint density at radius 3 is 2.26 bits per heavy atom. The van der Waals surface area contributed by atoms with Crippen molar-refractivity contribution in [3.63, 3.8) is 0 Å². The second kappa shape index (κ2) is 7.64. The molecule has 0 amide bonds. The standard InChI is InChI=1S/C17H34N2/c1-3-8-16(18-4-2)15-19-13-11-17(12-14-19)9-6-5-7-10-17/h16,18H,3-15H2,1-2H3. The van der Waals surface area contributed by atoms with E-state index in [0.717, 1.165) is 18.0 Å². The predicted octanol–water partition coefficient (Wildman–Crippen LogP) is 3.81. The van der Waals surface area contributed by atoms with Crippen molar-refractivity contribution in [3.8, 4) is 0 Å². The van der Waals surface area contributed by atoms with Crippen molar-refractivity contribution < 1.29 is 0 Å². The van der Waals surface area contributed by atoms with Crippen LogP contribution in [0.2, 0.25) is 0 Å². The first-order chi connectivity index (χ1) is 9.28. The van der Waals surface area contributed by atoms with E-state index in [0.29, 0.717) is 0 Å². The lowest BCUT2D eigenvalue weighted by molar-refractivity contribution is 0.0623. The summed E-state index contributed by atoms with van der Waals surface area (Å²) in [7, 11) is 0. The van der Waals surface area contributed by atoms with Gasteiger partial charge in [0.1, 0.15) is 0 Å². The monoisotopic (exact) mass is 266 g/mol. The zero-order valence-electron chi connectivity index (χ0n) is 13.2. The maximum atomic E-state index is 3.66. The molecule has 2 aliphatic rings. The number of nitrogens with one attached hydrogen (secondary N) is 1. The van der Waals surface area contributed by atoms with Crippen LogP contribution < -0.4 is 5.32 Å². The topological polar surface area (TPSA) is 15.3 Å². The molecule has 1 unspecified atom stereocenters. The van der Waals surface area contributed by atoms with Crippen LogP contribution in [0.3, 0.4) is 0 Å². The molecule has 1 saturated heterocycles. The Labute approximate surface area is 120 Å². The van der Waals surface area contributed by atoms with E-state index in [1.54, 1.807) is 0 Å². The molecule has 2 heteroatoms. The molecule has 0 aromatic heterocycles. The fraction of sp³-hybridized carbons (Fsp3) is 1.00. The van der Waals surface area contributed by atoms with Gasteiger partial charge in [0.05, 0.1) is 0 Å². The number of hydrogen-bond donors (Lipinski definition) is 1. The van der Waals surface area contributed by atoms with Crippen LogP contribution in [0.15, 0.2) is 0 Å². The van der Waals surface area contributed by atoms with Gasteiger partial charge in [-0.25, -0.2) is 0 Å². The van der Waals surface area contributed by atoms with Crippen LogP contribution >= 0.6 is 0 Å². The average Bonchev–Trinajstić information content (AvgIpc) is 2.43. The zero-order valence-corrected chi connectivity index (χ0v) is 13.2. The van der Waals surface area contributed by atoms with E-state index < -0.39 is 0 Å². The van der Waals surface area contributed by atoms with Gasteiger partial charge in [-0.3, -0.25) is 0 Å². The molecule has 0 radical (unpaired) electrons. The van der Waals surface area contributed by atoms with E-state index in [1.807, 2.05) is 0 Å². The van der Waals surface area contributed by atoms with E-state index in [1.165, 1.54) is 77.4 Å². The largest absolute Gasteiger partial charge is 0.313 e. The van der Waals surface area contributed by atoms with Crippen molar-refractivity contribution in [2.45, 2.75) is 77.7 Å². The van der Waals surface area contributed by atoms with Gasteiger partial charge in [-0.05, 0) is 57.2 Å². The number of hydrogen-bond acceptors (Lipinski definition) is 2. The van der Waals surface area contributed by atoms with Crippen molar-refractivity contribution in [1.29, 1.82) is 0 Å². The Bertz CT molecular complexity index is 230. The summed E-state index contributed by atoms with van der Waals surface area (Å²) >= 11 is 0. The molecule has 2 nitrogen and oxygen atoms in total. The number of piperidine rings is 1. The van der Waals surface area contributed by atoms with E-state index in [-0.39, 0.29) is 0 Å². The molecule has 0 aromatic rings. The fourth-order valence-corrected chi connectivity index (χ4v) is 4.22. The SMILES string of the molecule is CCCC(CN1CCC2(CCCCC2)CC1)NCC. The van der Waals surface area contributed by atoms with Crippen LogP contribution in [0.25, 0.3) is 0 Å². The lowest BCUT2D eigenvalue weighted by Gasteiger charge is -2.45. The molecule has 1 saturated carbocycles. The van der Waals surface area contributed by atoms with E-state index in [2.05, 4.69) is 24.1 Å². The van der Waals surface area contributed by atoms with E-state index in [9.17, 15) is 0 Å². The fourth-order valence-electron chi connectivity index (χ4n) is 4.22. The minimum absolute atomic E-state index is 0.718. The Morgan fingerprint density at radius 1 is 1.00 bits per heavy atom. The van der Waals surface area contributed by atoms with Crippen LogP contribution in [-0.2, 0) is 0 Å². The summed E-state index contributed by atoms with van der Waals surface area (Å²) in [6.45, 7) is 9.63. The second-order valence-corrected chi connectivity index (χ2v) is 6.90. The number of likely N-dealkylation sites (N-methyl/N-ethyl adjacent to an activating group) is 1. The summed E-state index contributed by atoms with van der Waals surface area (Å²) in [4.78, 5) is 2.73. The highest BCUT2D eigenvalue weighted by atomic mass is 15.2. The minimum atomic E-state index is 0.718. The number of likely N-dealkylation sites (tertiary alicyclic amines) is 1. The zero-order chi connectivity index (χ0) is 13.6. The van der Waals surface area contributed by atoms with Gasteiger partial charge in [-0.15, -0.1) is 0 Å². The van der Waals surface area contributed by atoms with Crippen molar-refractivity contribution in [1.82, 2.24) is 10.2 Å². The summed E-state index contributed by atoms with van der Waals surface area (Å²) in [5, 5.41) is 3.66. The quantitative estimate of drug-likeness (QED) is 0.786. The van der Waals surface area contributed by atoms with Crippen LogP contribution in [0.5, 0.6) is 0 Å². The van der Waals surface area contributed by atoms with E-state index in [4.69, 9.17) is 0 Å². The lowest BCUT2D eigenvalue weighted by Crippen LogP contribution is -2.47. The van der Waals surface area contributed by atoms with Gasteiger partial charge in [0.2, 0.25) is 0 Å². The van der Waals surface area contributed by atoms with Crippen LogP contribution in [0.4, 0.5) is 0 Å². The Morgan fingerprint density at radius 2 is 1.68 bits per heavy atom. The van der Waals surface area contributed by atoms with Gasteiger partial charge >= 0.3 is 0 Å². The van der Waals surface area contributed by atoms with Crippen molar-refractivity contribution in [2.75, 3.05) is 26.2 Å². The Kier molecular flexibility index (Phi) is 6.15. The second-order valence-electron chi connectivity index (χ2n) is 6.90. The third kappa shape index (κ3) is 4.46. The molecule has 2 fully saturated rings. The summed E-state index contributed by atoms with van der Waals surface area (Å²) in [6, 6.07) is 0.718. The normalized spacial score (nSPS) is 25.6. The third-order valence-electron chi connectivity index (χ3n) is 5.44. The summed E-state index contributed by atoms with van der Waals surface area (Å²) in [5.74, 6) is 0. The molecule has 0 aromatic carbocycles. The molecule has 2 rings (SSSR count). The molecule has 1 spiro atoms. The van der Waals surface area contributed by atoms with Gasteiger partial charge in [0.25, 0.3) is 0 Å². The van der Waals surface area contributed by atoms with E-state index >= 15 is 0 Å². The number of rotatable bonds is 6. The highest BCUT2D eigenvalue weighted by Gasteiger charge is 2.35. The minimum Gasteiger partial charge on any atom is -0.313 e. The molecule has 19 heavy (non-hydrogen) atoms. The predicted molar refractivity (Wildman–Crippen MR) is 83.6 cm³/mol. The molecule has 1 atom stereocenters. The number of nitrogens with zero attached hydrogens (tertiary/aromatic N) is 1. The Balaban J connectivity index is 1.75. The Hall–Kier alpha value is -0.0800. The first-order valence-electron chi connectivity index (χ1n) is 8.74. The molecular formula is C17H34N2. The maximum Gasteiger partial charge on any atom is 0.0194 e. The van der Waals surface area contributed by atoms with Gasteiger partial charge in [-0.2, -0.15) is 0 Å². The van der Waals surface area contributed by atoms with Gasteiger partial charge < -0.3 is 10.2 Å². The van der Waals surface area contributed by atoms with Crippen LogP contribution in [0.1, 0.15) is 71.6 Å². The first kappa shape index (κ1) is 15.3. The average molecular weight is 266 g/mol. The third-order valence-corrected chi connectivity index (χ3v) is 5.44. The van der Waals surface area contributed by atoms with Gasteiger partial charge in [0, 0.05) is 12.6 Å². The van der Waals surface area contributed by atoms with Crippen molar-refractivity contribution in [3.05, 3.63) is 0 Å². The van der Waals surface area contributed by atoms with Crippen molar-refractivity contribution >= 4 is 0 Å². The summed E-state index contributed by atoms with van der Waals surface area (Å²) in [6.07, 6.45) is 13.1. The summed E-state index contributed by atoms with van der Waals surface area (Å²) < 4.78 is 0. The maximum absolute atomic E-state index is 3.66. The van der Waals surface area contributed by atoms with Crippen molar-refractivity contribution in [2.24, 2.45) is 5.41 Å². The lowest BCUT2D eigenvalue weighted by atomic mass is 9.68. The molecule has 1 aliphatic heterocycles. The smallest absolute Gasteiger partial charge is 0.0194 e. The van der Waals surface area contributed by atoms with Crippen LogP contribution in [0, 0.1) is 5.41 Å². The highest BCUT2D eigenvalue weighted by Crippen LogP contribution is 2.44.